The highest BCUT2D eigenvalue weighted by atomic mass is 16.5. The van der Waals surface area contributed by atoms with E-state index < -0.39 is 0 Å². The standard InChI is InChI=1S/C15H23N3O/c1-10-6-5-7-12(14(16)17)13(10)18-8-11(2)19-15(3,4)9-18/h5-7,11H,8-9H2,1-4H3,(H3,16,17). The fourth-order valence-corrected chi connectivity index (χ4v) is 2.92. The highest BCUT2D eigenvalue weighted by molar-refractivity contribution is 6.01. The molecule has 1 saturated heterocycles. The summed E-state index contributed by atoms with van der Waals surface area (Å²) in [7, 11) is 0. The van der Waals surface area contributed by atoms with Crippen molar-refractivity contribution in [3.63, 3.8) is 0 Å². The number of aryl methyl sites for hydroxylation is 1. The van der Waals surface area contributed by atoms with Crippen LogP contribution in [0.5, 0.6) is 0 Å². The molecule has 0 aromatic heterocycles. The third kappa shape index (κ3) is 2.89. The number of ether oxygens (including phenoxy) is 1. The minimum atomic E-state index is -0.187. The van der Waals surface area contributed by atoms with Crippen molar-refractivity contribution in [1.29, 1.82) is 5.41 Å². The van der Waals surface area contributed by atoms with Crippen LogP contribution in [0.3, 0.4) is 0 Å². The quantitative estimate of drug-likeness (QED) is 0.634. The van der Waals surface area contributed by atoms with Crippen LogP contribution in [-0.2, 0) is 4.74 Å². The molecule has 0 aliphatic carbocycles. The average molecular weight is 261 g/mol. The number of amidine groups is 1. The van der Waals surface area contributed by atoms with Crippen LogP contribution in [-0.4, -0.2) is 30.6 Å². The topological polar surface area (TPSA) is 62.3 Å². The number of nitrogens with two attached hydrogens (primary N) is 1. The summed E-state index contributed by atoms with van der Waals surface area (Å²) in [5.41, 5.74) is 8.56. The van der Waals surface area contributed by atoms with Gasteiger partial charge >= 0.3 is 0 Å². The maximum absolute atomic E-state index is 7.76. The van der Waals surface area contributed by atoms with Gasteiger partial charge in [0.2, 0.25) is 0 Å². The van der Waals surface area contributed by atoms with Gasteiger partial charge in [0.05, 0.1) is 17.4 Å². The Bertz CT molecular complexity index is 496. The van der Waals surface area contributed by atoms with Crippen molar-refractivity contribution in [2.75, 3.05) is 18.0 Å². The maximum Gasteiger partial charge on any atom is 0.124 e. The molecule has 104 valence electrons. The molecule has 0 bridgehead atoms. The van der Waals surface area contributed by atoms with E-state index in [1.165, 1.54) is 0 Å². The van der Waals surface area contributed by atoms with Gasteiger partial charge in [-0.25, -0.2) is 0 Å². The van der Waals surface area contributed by atoms with Gasteiger partial charge in [0.1, 0.15) is 5.84 Å². The van der Waals surface area contributed by atoms with Gasteiger partial charge in [0.15, 0.2) is 0 Å². The Labute approximate surface area is 115 Å². The number of morpholine rings is 1. The first-order valence-corrected chi connectivity index (χ1v) is 6.67. The molecule has 0 spiro atoms. The number of nitrogen functional groups attached to an aromatic ring is 1. The van der Waals surface area contributed by atoms with E-state index >= 15 is 0 Å². The minimum Gasteiger partial charge on any atom is -0.384 e. The number of benzene rings is 1. The zero-order valence-corrected chi connectivity index (χ0v) is 12.2. The molecule has 2 rings (SSSR count). The maximum atomic E-state index is 7.76. The van der Waals surface area contributed by atoms with Crippen LogP contribution in [0.2, 0.25) is 0 Å². The normalized spacial score (nSPS) is 22.3. The van der Waals surface area contributed by atoms with E-state index in [0.29, 0.717) is 0 Å². The summed E-state index contributed by atoms with van der Waals surface area (Å²) in [5.74, 6) is 0.121. The van der Waals surface area contributed by atoms with Crippen LogP contribution in [0, 0.1) is 12.3 Å². The van der Waals surface area contributed by atoms with E-state index in [-0.39, 0.29) is 17.5 Å². The van der Waals surface area contributed by atoms with E-state index in [4.69, 9.17) is 15.9 Å². The van der Waals surface area contributed by atoms with Gasteiger partial charge in [-0.15, -0.1) is 0 Å². The Morgan fingerprint density at radius 1 is 1.47 bits per heavy atom. The monoisotopic (exact) mass is 261 g/mol. The van der Waals surface area contributed by atoms with E-state index in [1.54, 1.807) is 0 Å². The van der Waals surface area contributed by atoms with Gasteiger partial charge in [-0.3, -0.25) is 5.41 Å². The van der Waals surface area contributed by atoms with Crippen molar-refractivity contribution in [1.82, 2.24) is 0 Å². The molecule has 1 aliphatic rings. The number of para-hydroxylation sites is 1. The Morgan fingerprint density at radius 2 is 2.16 bits per heavy atom. The molecule has 3 N–H and O–H groups in total. The van der Waals surface area contributed by atoms with Gasteiger partial charge in [0, 0.05) is 18.7 Å². The Hall–Kier alpha value is -1.55. The molecular formula is C15H23N3O. The van der Waals surface area contributed by atoms with Gasteiger partial charge in [-0.05, 0) is 39.3 Å². The number of anilines is 1. The number of rotatable bonds is 2. The Morgan fingerprint density at radius 3 is 2.74 bits per heavy atom. The van der Waals surface area contributed by atoms with Crippen LogP contribution in [0.1, 0.15) is 31.9 Å². The van der Waals surface area contributed by atoms with Crippen molar-refractivity contribution in [2.24, 2.45) is 5.73 Å². The van der Waals surface area contributed by atoms with E-state index in [0.717, 1.165) is 29.9 Å². The van der Waals surface area contributed by atoms with Gasteiger partial charge in [0.25, 0.3) is 0 Å². The molecule has 1 aromatic carbocycles. The van der Waals surface area contributed by atoms with Crippen molar-refractivity contribution in [2.45, 2.75) is 39.4 Å². The molecule has 1 unspecified atom stereocenters. The van der Waals surface area contributed by atoms with Gasteiger partial charge in [-0.2, -0.15) is 0 Å². The number of nitrogens with zero attached hydrogens (tertiary/aromatic N) is 1. The molecule has 4 nitrogen and oxygen atoms in total. The second-order valence-corrected chi connectivity index (χ2v) is 5.95. The fourth-order valence-electron chi connectivity index (χ4n) is 2.92. The van der Waals surface area contributed by atoms with Crippen molar-refractivity contribution < 1.29 is 4.74 Å². The van der Waals surface area contributed by atoms with E-state index in [1.807, 2.05) is 12.1 Å². The number of hydrogen-bond acceptors (Lipinski definition) is 3. The molecule has 19 heavy (non-hydrogen) atoms. The predicted octanol–water partition coefficient (Wildman–Crippen LogP) is 2.28. The van der Waals surface area contributed by atoms with Gasteiger partial charge in [-0.1, -0.05) is 12.1 Å². The summed E-state index contributed by atoms with van der Waals surface area (Å²) in [5, 5.41) is 7.76. The lowest BCUT2D eigenvalue weighted by Crippen LogP contribution is -2.52. The van der Waals surface area contributed by atoms with Crippen molar-refractivity contribution >= 4 is 11.5 Å². The first-order valence-electron chi connectivity index (χ1n) is 6.67. The SMILES string of the molecule is Cc1cccc(C(=N)N)c1N1CC(C)OC(C)(C)C1. The molecule has 0 amide bonds. The molecule has 1 atom stereocenters. The smallest absolute Gasteiger partial charge is 0.124 e. The summed E-state index contributed by atoms with van der Waals surface area (Å²) in [4.78, 5) is 2.29. The number of hydrogen-bond donors (Lipinski definition) is 2. The lowest BCUT2D eigenvalue weighted by molar-refractivity contribution is -0.0750. The average Bonchev–Trinajstić information content (AvgIpc) is 2.25. The molecule has 1 aliphatic heterocycles. The van der Waals surface area contributed by atoms with Crippen LogP contribution < -0.4 is 10.6 Å². The second-order valence-electron chi connectivity index (χ2n) is 5.95. The summed E-state index contributed by atoms with van der Waals surface area (Å²) in [6, 6.07) is 5.93. The summed E-state index contributed by atoms with van der Waals surface area (Å²) < 4.78 is 5.94. The van der Waals surface area contributed by atoms with Crippen LogP contribution >= 0.6 is 0 Å². The highest BCUT2D eigenvalue weighted by Crippen LogP contribution is 2.31. The lowest BCUT2D eigenvalue weighted by Gasteiger charge is -2.44. The Balaban J connectivity index is 2.43. The molecule has 0 radical (unpaired) electrons. The molecule has 0 saturated carbocycles. The van der Waals surface area contributed by atoms with Crippen LogP contribution in [0.15, 0.2) is 18.2 Å². The first kappa shape index (κ1) is 13.9. The third-order valence-corrected chi connectivity index (χ3v) is 3.41. The zero-order chi connectivity index (χ0) is 14.2. The molecule has 4 heteroatoms. The van der Waals surface area contributed by atoms with E-state index in [9.17, 15) is 0 Å². The van der Waals surface area contributed by atoms with Crippen molar-refractivity contribution in [3.8, 4) is 0 Å². The van der Waals surface area contributed by atoms with Crippen molar-refractivity contribution in [3.05, 3.63) is 29.3 Å². The van der Waals surface area contributed by atoms with Gasteiger partial charge < -0.3 is 15.4 Å². The number of nitrogens with one attached hydrogen (secondary N) is 1. The highest BCUT2D eigenvalue weighted by Gasteiger charge is 2.32. The fraction of sp³-hybridized carbons (Fsp3) is 0.533. The molecule has 1 heterocycles. The molecule has 1 aromatic rings. The third-order valence-electron chi connectivity index (χ3n) is 3.41. The lowest BCUT2D eigenvalue weighted by atomic mass is 10.0. The summed E-state index contributed by atoms with van der Waals surface area (Å²) in [6.07, 6.45) is 0.170. The van der Waals surface area contributed by atoms with Crippen LogP contribution in [0.25, 0.3) is 0 Å². The van der Waals surface area contributed by atoms with Crippen LogP contribution in [0.4, 0.5) is 5.69 Å². The second kappa shape index (κ2) is 4.85. The molecule has 1 fully saturated rings. The van der Waals surface area contributed by atoms with E-state index in [2.05, 4.69) is 38.7 Å². The first-order chi connectivity index (χ1) is 8.80. The Kier molecular flexibility index (Phi) is 3.54. The minimum absolute atomic E-state index is 0.121. The summed E-state index contributed by atoms with van der Waals surface area (Å²) in [6.45, 7) is 9.98. The molecular weight excluding hydrogens is 238 g/mol. The summed E-state index contributed by atoms with van der Waals surface area (Å²) >= 11 is 0. The zero-order valence-electron chi connectivity index (χ0n) is 12.2. The predicted molar refractivity (Wildman–Crippen MR) is 79.0 cm³/mol. The largest absolute Gasteiger partial charge is 0.384 e.